The number of aryl methyl sites for hydroxylation is 2. The molecule has 0 spiro atoms. The summed E-state index contributed by atoms with van der Waals surface area (Å²) in [7, 11) is -2.95. The van der Waals surface area contributed by atoms with E-state index in [0.29, 0.717) is 17.2 Å². The van der Waals surface area contributed by atoms with Gasteiger partial charge in [-0.2, -0.15) is 0 Å². The van der Waals surface area contributed by atoms with Gasteiger partial charge < -0.3 is 5.32 Å². The van der Waals surface area contributed by atoms with Gasteiger partial charge in [-0.05, 0) is 50.1 Å². The van der Waals surface area contributed by atoms with Crippen LogP contribution in [0.5, 0.6) is 0 Å². The van der Waals surface area contributed by atoms with Crippen LogP contribution < -0.4 is 5.32 Å². The van der Waals surface area contributed by atoms with Gasteiger partial charge in [-0.15, -0.1) is 23.1 Å². The minimum absolute atomic E-state index is 0.0977. The number of nitrogens with zero attached hydrogens (tertiary/aromatic N) is 2. The molecule has 2 aromatic heterocycles. The Bertz CT molecular complexity index is 1130. The number of thioether (sulfide) groups is 1. The van der Waals surface area contributed by atoms with Gasteiger partial charge in [-0.25, -0.2) is 18.4 Å². The predicted molar refractivity (Wildman–Crippen MR) is 119 cm³/mol. The van der Waals surface area contributed by atoms with Crippen molar-refractivity contribution in [2.45, 2.75) is 37.0 Å². The Morgan fingerprint density at radius 3 is 2.68 bits per heavy atom. The minimum Gasteiger partial charge on any atom is -0.366 e. The van der Waals surface area contributed by atoms with Gasteiger partial charge in [0.2, 0.25) is 0 Å². The average Bonchev–Trinajstić information content (AvgIpc) is 3.13. The fourth-order valence-electron chi connectivity index (χ4n) is 3.24. The molecule has 5 nitrogen and oxygen atoms in total. The number of sulfone groups is 1. The van der Waals surface area contributed by atoms with E-state index in [9.17, 15) is 8.42 Å². The number of halogens is 1. The summed E-state index contributed by atoms with van der Waals surface area (Å²) in [5, 5.41) is 5.11. The summed E-state index contributed by atoms with van der Waals surface area (Å²) in [5.74, 6) is 2.51. The van der Waals surface area contributed by atoms with E-state index in [2.05, 4.69) is 19.2 Å². The quantitative estimate of drug-likeness (QED) is 0.556. The summed E-state index contributed by atoms with van der Waals surface area (Å²) in [4.78, 5) is 12.8. The topological polar surface area (TPSA) is 72.0 Å². The highest BCUT2D eigenvalue weighted by Crippen LogP contribution is 2.35. The number of rotatable bonds is 5. The van der Waals surface area contributed by atoms with Crippen molar-refractivity contribution in [2.75, 3.05) is 16.8 Å². The molecule has 1 aromatic carbocycles. The zero-order chi connectivity index (χ0) is 19.9. The molecule has 0 amide bonds. The van der Waals surface area contributed by atoms with Gasteiger partial charge in [0.05, 0.1) is 22.6 Å². The van der Waals surface area contributed by atoms with Crippen LogP contribution in [0.15, 0.2) is 29.2 Å². The number of hydrogen-bond donors (Lipinski definition) is 1. The second kappa shape index (κ2) is 7.82. The Morgan fingerprint density at radius 1 is 1.25 bits per heavy atom. The van der Waals surface area contributed by atoms with E-state index in [1.165, 1.54) is 4.88 Å². The first-order chi connectivity index (χ1) is 13.3. The molecule has 1 saturated heterocycles. The summed E-state index contributed by atoms with van der Waals surface area (Å²) in [6.45, 7) is 4.14. The second-order valence-corrected chi connectivity index (χ2v) is 11.9. The van der Waals surface area contributed by atoms with Crippen LogP contribution in [0, 0.1) is 13.8 Å². The molecule has 9 heteroatoms. The number of nitrogens with one attached hydrogen (secondary N) is 1. The van der Waals surface area contributed by atoms with Gasteiger partial charge in [0.1, 0.15) is 16.5 Å². The normalized spacial score (nSPS) is 18.6. The Morgan fingerprint density at radius 2 is 2.00 bits per heavy atom. The van der Waals surface area contributed by atoms with Crippen molar-refractivity contribution in [3.63, 3.8) is 0 Å². The zero-order valence-corrected chi connectivity index (χ0v) is 18.7. The first kappa shape index (κ1) is 19.9. The molecule has 1 atom stereocenters. The smallest absolute Gasteiger partial charge is 0.152 e. The predicted octanol–water partition coefficient (Wildman–Crippen LogP) is 4.85. The van der Waals surface area contributed by atoms with E-state index < -0.39 is 9.84 Å². The van der Waals surface area contributed by atoms with Crippen LogP contribution in [0.25, 0.3) is 10.2 Å². The van der Waals surface area contributed by atoms with Crippen LogP contribution in [0.2, 0.25) is 5.02 Å². The Labute approximate surface area is 177 Å². The molecule has 0 aliphatic carbocycles. The fourth-order valence-corrected chi connectivity index (χ4v) is 6.84. The van der Waals surface area contributed by atoms with Crippen LogP contribution in [0.4, 0.5) is 5.82 Å². The SMILES string of the molecule is Cc1sc2nc(CSc3ccc(Cl)cc3)nc(N[C@H]3CCS(=O)(=O)C3)c2c1C. The average molecular weight is 454 g/mol. The van der Waals surface area contributed by atoms with E-state index in [1.54, 1.807) is 23.1 Å². The molecule has 0 unspecified atom stereocenters. The van der Waals surface area contributed by atoms with Crippen molar-refractivity contribution < 1.29 is 8.42 Å². The van der Waals surface area contributed by atoms with E-state index in [0.717, 1.165) is 32.3 Å². The van der Waals surface area contributed by atoms with Gasteiger partial charge in [0.15, 0.2) is 9.84 Å². The lowest BCUT2D eigenvalue weighted by molar-refractivity contribution is 0.602. The van der Waals surface area contributed by atoms with Crippen LogP contribution in [-0.4, -0.2) is 35.9 Å². The van der Waals surface area contributed by atoms with E-state index in [-0.39, 0.29) is 17.5 Å². The van der Waals surface area contributed by atoms with Crippen LogP contribution in [0.3, 0.4) is 0 Å². The van der Waals surface area contributed by atoms with Crippen molar-refractivity contribution in [3.05, 3.63) is 45.6 Å². The molecule has 3 aromatic rings. The maximum Gasteiger partial charge on any atom is 0.152 e. The van der Waals surface area contributed by atoms with Crippen molar-refractivity contribution in [1.82, 2.24) is 9.97 Å². The molecule has 28 heavy (non-hydrogen) atoms. The molecule has 4 rings (SSSR count). The molecule has 3 heterocycles. The monoisotopic (exact) mass is 453 g/mol. The molecular formula is C19H20ClN3O2S3. The number of aromatic nitrogens is 2. The Hall–Kier alpha value is -1.35. The molecule has 1 N–H and O–H groups in total. The molecule has 0 saturated carbocycles. The lowest BCUT2D eigenvalue weighted by Gasteiger charge is -2.14. The first-order valence-electron chi connectivity index (χ1n) is 8.93. The number of anilines is 1. The number of benzene rings is 1. The number of hydrogen-bond acceptors (Lipinski definition) is 7. The highest BCUT2D eigenvalue weighted by atomic mass is 35.5. The van der Waals surface area contributed by atoms with E-state index >= 15 is 0 Å². The first-order valence-corrected chi connectivity index (χ1v) is 12.9. The molecule has 148 valence electrons. The lowest BCUT2D eigenvalue weighted by atomic mass is 10.2. The van der Waals surface area contributed by atoms with E-state index in [4.69, 9.17) is 21.6 Å². The second-order valence-electron chi connectivity index (χ2n) is 6.94. The third-order valence-corrected chi connectivity index (χ3v) is 8.96. The summed E-state index contributed by atoms with van der Waals surface area (Å²) < 4.78 is 23.7. The third kappa shape index (κ3) is 4.30. The fraction of sp³-hybridized carbons (Fsp3) is 0.368. The van der Waals surface area contributed by atoms with Crippen molar-refractivity contribution >= 4 is 60.6 Å². The van der Waals surface area contributed by atoms with Gasteiger partial charge in [-0.3, -0.25) is 0 Å². The van der Waals surface area contributed by atoms with Crippen molar-refractivity contribution in [3.8, 4) is 0 Å². The molecule has 0 bridgehead atoms. The van der Waals surface area contributed by atoms with Crippen LogP contribution >= 0.6 is 34.7 Å². The maximum absolute atomic E-state index is 11.8. The Kier molecular flexibility index (Phi) is 5.57. The highest BCUT2D eigenvalue weighted by molar-refractivity contribution is 7.98. The number of fused-ring (bicyclic) bond motifs is 1. The molecule has 1 aliphatic rings. The summed E-state index contributed by atoms with van der Waals surface area (Å²) in [5.41, 5.74) is 1.15. The zero-order valence-electron chi connectivity index (χ0n) is 15.5. The summed E-state index contributed by atoms with van der Waals surface area (Å²) in [6, 6.07) is 7.60. The van der Waals surface area contributed by atoms with Gasteiger partial charge >= 0.3 is 0 Å². The summed E-state index contributed by atoms with van der Waals surface area (Å²) in [6.07, 6.45) is 0.616. The molecule has 0 radical (unpaired) electrons. The molecular weight excluding hydrogens is 434 g/mol. The minimum atomic E-state index is -2.95. The largest absolute Gasteiger partial charge is 0.366 e. The van der Waals surface area contributed by atoms with Gasteiger partial charge in [0, 0.05) is 20.8 Å². The van der Waals surface area contributed by atoms with Crippen molar-refractivity contribution in [2.24, 2.45) is 0 Å². The van der Waals surface area contributed by atoms with Crippen LogP contribution in [-0.2, 0) is 15.6 Å². The highest BCUT2D eigenvalue weighted by Gasteiger charge is 2.29. The van der Waals surface area contributed by atoms with Crippen molar-refractivity contribution in [1.29, 1.82) is 0 Å². The maximum atomic E-state index is 11.8. The Balaban J connectivity index is 1.63. The molecule has 1 fully saturated rings. The third-order valence-electron chi connectivity index (χ3n) is 4.83. The lowest BCUT2D eigenvalue weighted by Crippen LogP contribution is -2.21. The summed E-state index contributed by atoms with van der Waals surface area (Å²) >= 11 is 9.25. The van der Waals surface area contributed by atoms with E-state index in [1.807, 2.05) is 24.3 Å². The van der Waals surface area contributed by atoms with Gasteiger partial charge in [-0.1, -0.05) is 11.6 Å². The standard InChI is InChI=1S/C19H20ClN3O2S3/c1-11-12(2)27-19-17(11)18(21-14-7-8-28(24,25)10-14)22-16(23-19)9-26-15-5-3-13(20)4-6-15/h3-6,14H,7-10H2,1-2H3,(H,21,22,23)/t14-/m0/s1. The van der Waals surface area contributed by atoms with Gasteiger partial charge in [0.25, 0.3) is 0 Å². The number of thiophene rings is 1. The molecule has 1 aliphatic heterocycles. The van der Waals surface area contributed by atoms with Crippen LogP contribution in [0.1, 0.15) is 22.7 Å².